The van der Waals surface area contributed by atoms with Gasteiger partial charge in [0.25, 0.3) is 5.91 Å². The fourth-order valence-electron chi connectivity index (χ4n) is 2.77. The molecule has 26 heavy (non-hydrogen) atoms. The molecular formula is C21H20ClN3O. The molecular weight excluding hydrogens is 346 g/mol. The van der Waals surface area contributed by atoms with Gasteiger partial charge in [0.05, 0.1) is 17.4 Å². The summed E-state index contributed by atoms with van der Waals surface area (Å²) in [5.74, 6) is -0.193. The lowest BCUT2D eigenvalue weighted by molar-refractivity contribution is 0.0950. The first-order valence-corrected chi connectivity index (χ1v) is 8.71. The summed E-state index contributed by atoms with van der Waals surface area (Å²) < 4.78 is 0. The van der Waals surface area contributed by atoms with Gasteiger partial charge in [-0.05, 0) is 54.8 Å². The Hall–Kier alpha value is -2.85. The number of aromatic nitrogens is 1. The van der Waals surface area contributed by atoms with Gasteiger partial charge in [-0.2, -0.15) is 0 Å². The minimum Gasteiger partial charge on any atom is -0.354 e. The number of hydrogen-bond donors (Lipinski definition) is 2. The Labute approximate surface area is 158 Å². The Bertz CT molecular complexity index is 920. The third-order valence-corrected chi connectivity index (χ3v) is 4.28. The lowest BCUT2D eigenvalue weighted by atomic mass is 10.1. The summed E-state index contributed by atoms with van der Waals surface area (Å²) in [6.45, 7) is 4.47. The summed E-state index contributed by atoms with van der Waals surface area (Å²) in [6.07, 6.45) is 3.25. The van der Waals surface area contributed by atoms with E-state index in [1.54, 1.807) is 24.5 Å². The van der Waals surface area contributed by atoms with Gasteiger partial charge in [0.1, 0.15) is 0 Å². The Kier molecular flexibility index (Phi) is 5.54. The van der Waals surface area contributed by atoms with E-state index in [1.165, 1.54) is 11.1 Å². The Balaban J connectivity index is 1.70. The lowest BCUT2D eigenvalue weighted by Crippen LogP contribution is -2.23. The summed E-state index contributed by atoms with van der Waals surface area (Å²) in [5, 5.41) is 6.81. The van der Waals surface area contributed by atoms with Crippen LogP contribution < -0.4 is 10.6 Å². The van der Waals surface area contributed by atoms with Crippen molar-refractivity contribution in [2.24, 2.45) is 0 Å². The molecule has 5 heteroatoms. The standard InChI is InChI=1S/C21H20ClN3O/c1-14-7-15(2)9-18(8-14)25-19-10-17(11-23-13-19)21(26)24-12-16-5-3-4-6-20(16)22/h3-11,13,25H,12H2,1-2H3,(H,24,26). The van der Waals surface area contributed by atoms with Crippen LogP contribution in [0.4, 0.5) is 11.4 Å². The van der Waals surface area contributed by atoms with Gasteiger partial charge in [0.15, 0.2) is 0 Å². The van der Waals surface area contributed by atoms with E-state index in [4.69, 9.17) is 11.6 Å². The lowest BCUT2D eigenvalue weighted by Gasteiger charge is -2.10. The normalized spacial score (nSPS) is 10.4. The van der Waals surface area contributed by atoms with E-state index in [1.807, 2.05) is 18.2 Å². The molecule has 4 nitrogen and oxygen atoms in total. The van der Waals surface area contributed by atoms with E-state index in [2.05, 4.69) is 47.7 Å². The van der Waals surface area contributed by atoms with Crippen molar-refractivity contribution >= 4 is 28.9 Å². The fraction of sp³-hybridized carbons (Fsp3) is 0.143. The van der Waals surface area contributed by atoms with Crippen molar-refractivity contribution in [3.05, 3.63) is 88.2 Å². The molecule has 0 unspecified atom stereocenters. The van der Waals surface area contributed by atoms with Crippen LogP contribution in [0.5, 0.6) is 0 Å². The number of aryl methyl sites for hydroxylation is 2. The monoisotopic (exact) mass is 365 g/mol. The predicted octanol–water partition coefficient (Wildman–Crippen LogP) is 5.03. The van der Waals surface area contributed by atoms with Crippen LogP contribution in [0.3, 0.4) is 0 Å². The Morgan fingerprint density at radius 3 is 2.46 bits per heavy atom. The van der Waals surface area contributed by atoms with E-state index in [9.17, 15) is 4.79 Å². The second-order valence-corrected chi connectivity index (χ2v) is 6.64. The maximum atomic E-state index is 12.4. The molecule has 0 bridgehead atoms. The van der Waals surface area contributed by atoms with Crippen molar-refractivity contribution in [3.63, 3.8) is 0 Å². The van der Waals surface area contributed by atoms with Crippen LogP contribution in [-0.4, -0.2) is 10.9 Å². The molecule has 1 amide bonds. The van der Waals surface area contributed by atoms with Crippen molar-refractivity contribution in [2.45, 2.75) is 20.4 Å². The van der Waals surface area contributed by atoms with E-state index in [-0.39, 0.29) is 5.91 Å². The Morgan fingerprint density at radius 1 is 1.00 bits per heavy atom. The Morgan fingerprint density at radius 2 is 1.73 bits per heavy atom. The van der Waals surface area contributed by atoms with Crippen LogP contribution in [-0.2, 0) is 6.54 Å². The first kappa shape index (κ1) is 18.0. The molecule has 0 saturated carbocycles. The van der Waals surface area contributed by atoms with Gasteiger partial charge in [-0.3, -0.25) is 9.78 Å². The first-order chi connectivity index (χ1) is 12.5. The van der Waals surface area contributed by atoms with Crippen molar-refractivity contribution in [2.75, 3.05) is 5.32 Å². The predicted molar refractivity (Wildman–Crippen MR) is 106 cm³/mol. The summed E-state index contributed by atoms with van der Waals surface area (Å²) >= 11 is 6.12. The van der Waals surface area contributed by atoms with E-state index in [0.717, 1.165) is 16.9 Å². The molecule has 0 saturated heterocycles. The maximum Gasteiger partial charge on any atom is 0.253 e. The van der Waals surface area contributed by atoms with Crippen LogP contribution in [0.25, 0.3) is 0 Å². The molecule has 2 aromatic carbocycles. The van der Waals surface area contributed by atoms with Crippen molar-refractivity contribution in [1.82, 2.24) is 10.3 Å². The smallest absolute Gasteiger partial charge is 0.253 e. The average molecular weight is 366 g/mol. The number of carbonyl (C=O) groups is 1. The van der Waals surface area contributed by atoms with Gasteiger partial charge in [0, 0.05) is 23.5 Å². The van der Waals surface area contributed by atoms with Gasteiger partial charge in [0.2, 0.25) is 0 Å². The zero-order chi connectivity index (χ0) is 18.5. The molecule has 132 valence electrons. The second kappa shape index (κ2) is 8.02. The van der Waals surface area contributed by atoms with E-state index < -0.39 is 0 Å². The number of amides is 1. The van der Waals surface area contributed by atoms with Crippen molar-refractivity contribution in [3.8, 4) is 0 Å². The summed E-state index contributed by atoms with van der Waals surface area (Å²) in [5.41, 5.74) is 5.45. The van der Waals surface area contributed by atoms with Crippen LogP contribution in [0.2, 0.25) is 5.02 Å². The maximum absolute atomic E-state index is 12.4. The number of carbonyl (C=O) groups excluding carboxylic acids is 1. The molecule has 0 fully saturated rings. The number of benzene rings is 2. The molecule has 1 aromatic heterocycles. The SMILES string of the molecule is Cc1cc(C)cc(Nc2cncc(C(=O)NCc3ccccc3Cl)c2)c1. The average Bonchev–Trinajstić information content (AvgIpc) is 2.60. The van der Waals surface area contributed by atoms with E-state index in [0.29, 0.717) is 17.1 Å². The van der Waals surface area contributed by atoms with Crippen LogP contribution in [0.1, 0.15) is 27.0 Å². The van der Waals surface area contributed by atoms with Crippen molar-refractivity contribution < 1.29 is 4.79 Å². The molecule has 0 aliphatic carbocycles. The molecule has 0 spiro atoms. The minimum atomic E-state index is -0.193. The molecule has 1 heterocycles. The number of halogens is 1. The number of rotatable bonds is 5. The minimum absolute atomic E-state index is 0.193. The number of anilines is 2. The highest BCUT2D eigenvalue weighted by Crippen LogP contribution is 2.20. The number of hydrogen-bond acceptors (Lipinski definition) is 3. The van der Waals surface area contributed by atoms with Gasteiger partial charge in [-0.1, -0.05) is 35.9 Å². The molecule has 3 rings (SSSR count). The van der Waals surface area contributed by atoms with Gasteiger partial charge < -0.3 is 10.6 Å². The van der Waals surface area contributed by atoms with E-state index >= 15 is 0 Å². The quantitative estimate of drug-likeness (QED) is 0.667. The van der Waals surface area contributed by atoms with Crippen LogP contribution >= 0.6 is 11.6 Å². The molecule has 0 aliphatic rings. The number of nitrogens with one attached hydrogen (secondary N) is 2. The molecule has 0 aliphatic heterocycles. The molecule has 2 N–H and O–H groups in total. The largest absolute Gasteiger partial charge is 0.354 e. The van der Waals surface area contributed by atoms with Crippen molar-refractivity contribution in [1.29, 1.82) is 0 Å². The third-order valence-electron chi connectivity index (χ3n) is 3.91. The topological polar surface area (TPSA) is 54.0 Å². The van der Waals surface area contributed by atoms with Gasteiger partial charge in [-0.25, -0.2) is 0 Å². The first-order valence-electron chi connectivity index (χ1n) is 8.33. The number of pyridine rings is 1. The highest BCUT2D eigenvalue weighted by atomic mass is 35.5. The summed E-state index contributed by atoms with van der Waals surface area (Å²) in [4.78, 5) is 16.6. The zero-order valence-corrected chi connectivity index (χ0v) is 15.5. The third kappa shape index (κ3) is 4.61. The highest BCUT2D eigenvalue weighted by Gasteiger charge is 2.08. The molecule has 0 atom stereocenters. The highest BCUT2D eigenvalue weighted by molar-refractivity contribution is 6.31. The number of nitrogens with zero attached hydrogens (tertiary/aromatic N) is 1. The van der Waals surface area contributed by atoms with Crippen LogP contribution in [0.15, 0.2) is 60.9 Å². The van der Waals surface area contributed by atoms with Crippen LogP contribution in [0, 0.1) is 13.8 Å². The summed E-state index contributed by atoms with van der Waals surface area (Å²) in [6, 6.07) is 15.4. The van der Waals surface area contributed by atoms with Gasteiger partial charge >= 0.3 is 0 Å². The van der Waals surface area contributed by atoms with Gasteiger partial charge in [-0.15, -0.1) is 0 Å². The summed E-state index contributed by atoms with van der Waals surface area (Å²) in [7, 11) is 0. The zero-order valence-electron chi connectivity index (χ0n) is 14.7. The second-order valence-electron chi connectivity index (χ2n) is 6.24. The molecule has 0 radical (unpaired) electrons. The molecule has 3 aromatic rings. The fourth-order valence-corrected chi connectivity index (χ4v) is 2.97.